The predicted octanol–water partition coefficient (Wildman–Crippen LogP) is 3.36. The van der Waals surface area contributed by atoms with Crippen molar-refractivity contribution in [2.45, 2.75) is 37.8 Å². The molecule has 116 valence electrons. The average molecular weight is 366 g/mol. The van der Waals surface area contributed by atoms with Crippen LogP contribution in [0.5, 0.6) is 0 Å². The number of nitrogens with one attached hydrogen (secondary N) is 1. The number of rotatable bonds is 1. The van der Waals surface area contributed by atoms with Crippen LogP contribution >= 0.6 is 15.9 Å². The van der Waals surface area contributed by atoms with Crippen molar-refractivity contribution in [2.24, 2.45) is 0 Å². The molecule has 1 saturated heterocycles. The van der Waals surface area contributed by atoms with E-state index in [4.69, 9.17) is 4.74 Å². The van der Waals surface area contributed by atoms with Gasteiger partial charge in [-0.15, -0.1) is 0 Å². The molecule has 0 aromatic heterocycles. The van der Waals surface area contributed by atoms with Crippen LogP contribution in [0.2, 0.25) is 0 Å². The van der Waals surface area contributed by atoms with Crippen molar-refractivity contribution in [3.05, 3.63) is 34.1 Å². The largest absolute Gasteiger partial charge is 0.359 e. The van der Waals surface area contributed by atoms with Crippen molar-refractivity contribution >= 4 is 21.8 Å². The lowest BCUT2D eigenvalue weighted by Gasteiger charge is -2.43. The molecule has 1 aromatic rings. The molecule has 1 aliphatic rings. The molecule has 21 heavy (non-hydrogen) atoms. The van der Waals surface area contributed by atoms with Crippen LogP contribution in [-0.2, 0) is 15.1 Å². The molecule has 0 bridgehead atoms. The third-order valence-electron chi connectivity index (χ3n) is 3.83. The molecule has 0 saturated carbocycles. The molecule has 0 spiro atoms. The van der Waals surface area contributed by atoms with Gasteiger partial charge in [0.2, 0.25) is 5.91 Å². The second kappa shape index (κ2) is 4.98. The Morgan fingerprint density at radius 1 is 1.29 bits per heavy atom. The SMILES string of the molecule is CC1(C)OCC(=O)NC(C)(c2ccc(F)c(Br)c2)C1(F)F. The Hall–Kier alpha value is -1.08. The Labute approximate surface area is 129 Å². The number of carbonyl (C=O) groups is 1. The zero-order valence-electron chi connectivity index (χ0n) is 11.8. The Morgan fingerprint density at radius 2 is 1.90 bits per heavy atom. The molecule has 1 unspecified atom stereocenters. The number of amides is 1. The Kier molecular flexibility index (Phi) is 3.87. The van der Waals surface area contributed by atoms with Gasteiger partial charge in [0, 0.05) is 0 Å². The third-order valence-corrected chi connectivity index (χ3v) is 4.44. The summed E-state index contributed by atoms with van der Waals surface area (Å²) in [7, 11) is 0. The van der Waals surface area contributed by atoms with Gasteiger partial charge in [0.1, 0.15) is 23.6 Å². The van der Waals surface area contributed by atoms with Gasteiger partial charge in [0.25, 0.3) is 0 Å². The number of hydrogen-bond donors (Lipinski definition) is 1. The molecule has 1 amide bonds. The van der Waals surface area contributed by atoms with Gasteiger partial charge < -0.3 is 10.1 Å². The molecule has 2 rings (SSSR count). The van der Waals surface area contributed by atoms with Gasteiger partial charge >= 0.3 is 5.92 Å². The van der Waals surface area contributed by atoms with E-state index in [9.17, 15) is 18.0 Å². The molecule has 7 heteroatoms. The zero-order valence-corrected chi connectivity index (χ0v) is 13.4. The van der Waals surface area contributed by atoms with Crippen molar-refractivity contribution < 1.29 is 22.7 Å². The third kappa shape index (κ3) is 2.46. The van der Waals surface area contributed by atoms with Crippen LogP contribution in [0.1, 0.15) is 26.3 Å². The summed E-state index contributed by atoms with van der Waals surface area (Å²) in [6, 6.07) is 3.55. The van der Waals surface area contributed by atoms with Gasteiger partial charge in [-0.3, -0.25) is 4.79 Å². The molecule has 1 N–H and O–H groups in total. The minimum Gasteiger partial charge on any atom is -0.359 e. The zero-order chi connectivity index (χ0) is 16.1. The van der Waals surface area contributed by atoms with E-state index < -0.39 is 35.4 Å². The van der Waals surface area contributed by atoms with E-state index in [1.807, 2.05) is 0 Å². The van der Waals surface area contributed by atoms with Gasteiger partial charge in [0.15, 0.2) is 0 Å². The van der Waals surface area contributed by atoms with E-state index >= 15 is 0 Å². The maximum absolute atomic E-state index is 14.9. The Morgan fingerprint density at radius 3 is 2.48 bits per heavy atom. The van der Waals surface area contributed by atoms with Crippen molar-refractivity contribution in [3.63, 3.8) is 0 Å². The number of halogens is 4. The lowest BCUT2D eigenvalue weighted by molar-refractivity contribution is -0.215. The van der Waals surface area contributed by atoms with Crippen LogP contribution in [0.4, 0.5) is 13.2 Å². The first-order valence-electron chi connectivity index (χ1n) is 6.29. The van der Waals surface area contributed by atoms with Gasteiger partial charge in [-0.05, 0) is 54.4 Å². The van der Waals surface area contributed by atoms with Crippen LogP contribution in [0.25, 0.3) is 0 Å². The minimum absolute atomic E-state index is 0.0502. The molecular weight excluding hydrogens is 351 g/mol. The second-order valence-electron chi connectivity index (χ2n) is 5.68. The fourth-order valence-electron chi connectivity index (χ4n) is 2.39. The highest BCUT2D eigenvalue weighted by molar-refractivity contribution is 9.10. The van der Waals surface area contributed by atoms with Gasteiger partial charge in [-0.25, -0.2) is 13.2 Å². The van der Waals surface area contributed by atoms with E-state index in [0.717, 1.165) is 6.07 Å². The lowest BCUT2D eigenvalue weighted by atomic mass is 9.78. The van der Waals surface area contributed by atoms with Crippen molar-refractivity contribution in [2.75, 3.05) is 6.61 Å². The number of carbonyl (C=O) groups excluding carboxylic acids is 1. The standard InChI is InChI=1S/C14H15BrF3NO2/c1-12(2)14(17,18)13(3,19-11(20)7-21-12)8-4-5-10(16)9(15)6-8/h4-6H,7H2,1-3H3,(H,19,20). The fourth-order valence-corrected chi connectivity index (χ4v) is 2.77. The molecule has 1 fully saturated rings. The molecule has 1 aliphatic heterocycles. The Balaban J connectivity index is 2.63. The molecular formula is C14H15BrF3NO2. The quantitative estimate of drug-likeness (QED) is 0.828. The van der Waals surface area contributed by atoms with E-state index in [-0.39, 0.29) is 10.0 Å². The number of hydrogen-bond acceptors (Lipinski definition) is 2. The van der Waals surface area contributed by atoms with Crippen LogP contribution in [0.3, 0.4) is 0 Å². The lowest BCUT2D eigenvalue weighted by Crippen LogP contribution is -2.62. The highest BCUT2D eigenvalue weighted by Gasteiger charge is 2.63. The predicted molar refractivity (Wildman–Crippen MR) is 74.6 cm³/mol. The summed E-state index contributed by atoms with van der Waals surface area (Å²) >= 11 is 2.97. The highest BCUT2D eigenvalue weighted by Crippen LogP contribution is 2.47. The van der Waals surface area contributed by atoms with Crippen molar-refractivity contribution in [3.8, 4) is 0 Å². The highest BCUT2D eigenvalue weighted by atomic mass is 79.9. The number of alkyl halides is 2. The first-order valence-corrected chi connectivity index (χ1v) is 7.09. The topological polar surface area (TPSA) is 38.3 Å². The fraction of sp³-hybridized carbons (Fsp3) is 0.500. The molecule has 3 nitrogen and oxygen atoms in total. The molecule has 0 aliphatic carbocycles. The summed E-state index contributed by atoms with van der Waals surface area (Å²) in [6.45, 7) is 3.20. The molecule has 0 radical (unpaired) electrons. The van der Waals surface area contributed by atoms with E-state index in [2.05, 4.69) is 21.2 Å². The summed E-state index contributed by atoms with van der Waals surface area (Å²) in [4.78, 5) is 11.7. The van der Waals surface area contributed by atoms with E-state index in [0.29, 0.717) is 0 Å². The first-order chi connectivity index (χ1) is 9.51. The Bertz CT molecular complexity index is 592. The summed E-state index contributed by atoms with van der Waals surface area (Å²) in [5.41, 5.74) is -3.78. The van der Waals surface area contributed by atoms with Gasteiger partial charge in [-0.2, -0.15) is 0 Å². The van der Waals surface area contributed by atoms with E-state index in [1.165, 1.54) is 32.9 Å². The molecule has 1 aromatic carbocycles. The monoisotopic (exact) mass is 365 g/mol. The van der Waals surface area contributed by atoms with Gasteiger partial charge in [0.05, 0.1) is 4.47 Å². The van der Waals surface area contributed by atoms with E-state index in [1.54, 1.807) is 0 Å². The van der Waals surface area contributed by atoms with Crippen LogP contribution in [0.15, 0.2) is 22.7 Å². The average Bonchev–Trinajstić information content (AvgIpc) is 2.43. The summed E-state index contributed by atoms with van der Waals surface area (Å²) in [5.74, 6) is -4.63. The number of ether oxygens (including phenoxy) is 1. The van der Waals surface area contributed by atoms with Crippen LogP contribution < -0.4 is 5.32 Å². The van der Waals surface area contributed by atoms with Crippen molar-refractivity contribution in [1.82, 2.24) is 5.32 Å². The molecule has 1 atom stereocenters. The smallest absolute Gasteiger partial charge is 0.302 e. The van der Waals surface area contributed by atoms with Gasteiger partial charge in [-0.1, -0.05) is 6.07 Å². The summed E-state index contributed by atoms with van der Waals surface area (Å²) in [5, 5.41) is 2.31. The van der Waals surface area contributed by atoms with Crippen molar-refractivity contribution in [1.29, 1.82) is 0 Å². The summed E-state index contributed by atoms with van der Waals surface area (Å²) in [6.07, 6.45) is 0. The maximum atomic E-state index is 14.9. The first kappa shape index (κ1) is 16.3. The minimum atomic E-state index is -3.41. The summed E-state index contributed by atoms with van der Waals surface area (Å²) < 4.78 is 48.3. The second-order valence-corrected chi connectivity index (χ2v) is 6.53. The maximum Gasteiger partial charge on any atom is 0.302 e. The molecule has 1 heterocycles. The van der Waals surface area contributed by atoms with Crippen LogP contribution in [-0.4, -0.2) is 24.0 Å². The normalized spacial score (nSPS) is 27.9. The van der Waals surface area contributed by atoms with Crippen LogP contribution in [0, 0.1) is 5.82 Å². The number of benzene rings is 1.